The smallest absolute Gasteiger partial charge is 0.160 e. The summed E-state index contributed by atoms with van der Waals surface area (Å²) < 4.78 is 5.12. The van der Waals surface area contributed by atoms with Crippen LogP contribution >= 0.6 is 0 Å². The molecule has 2 rings (SSSR count). The van der Waals surface area contributed by atoms with Crippen molar-refractivity contribution in [2.75, 3.05) is 33.3 Å². The lowest BCUT2D eigenvalue weighted by molar-refractivity contribution is 0.282. The van der Waals surface area contributed by atoms with E-state index in [1.807, 2.05) is 12.1 Å². The SMILES string of the molecule is COc1cc(CNCC(C)CN2CCCC2)ccc1O. The average molecular weight is 278 g/mol. The Hall–Kier alpha value is -1.26. The number of phenolic OH excluding ortho intramolecular Hbond substituents is 1. The summed E-state index contributed by atoms with van der Waals surface area (Å²) in [6.45, 7) is 7.83. The van der Waals surface area contributed by atoms with Gasteiger partial charge in [-0.1, -0.05) is 13.0 Å². The quantitative estimate of drug-likeness (QED) is 0.803. The van der Waals surface area contributed by atoms with Crippen molar-refractivity contribution in [3.8, 4) is 11.5 Å². The summed E-state index contributed by atoms with van der Waals surface area (Å²) in [5.74, 6) is 1.39. The van der Waals surface area contributed by atoms with Crippen molar-refractivity contribution in [1.29, 1.82) is 0 Å². The standard InChI is InChI=1S/C16H26N2O2/c1-13(12-18-7-3-4-8-18)10-17-11-14-5-6-15(19)16(9-14)20-2/h5-6,9,13,17,19H,3-4,7-8,10-12H2,1-2H3. The zero-order valence-electron chi connectivity index (χ0n) is 12.6. The van der Waals surface area contributed by atoms with E-state index >= 15 is 0 Å². The molecule has 4 heteroatoms. The molecular weight excluding hydrogens is 252 g/mol. The Balaban J connectivity index is 1.72. The highest BCUT2D eigenvalue weighted by Crippen LogP contribution is 2.26. The number of likely N-dealkylation sites (tertiary alicyclic amines) is 1. The number of aromatic hydroxyl groups is 1. The first-order valence-corrected chi connectivity index (χ1v) is 7.48. The van der Waals surface area contributed by atoms with E-state index in [0.29, 0.717) is 11.7 Å². The van der Waals surface area contributed by atoms with Gasteiger partial charge in [-0.3, -0.25) is 0 Å². The number of benzene rings is 1. The van der Waals surface area contributed by atoms with E-state index in [0.717, 1.165) is 18.7 Å². The van der Waals surface area contributed by atoms with Crippen molar-refractivity contribution >= 4 is 0 Å². The van der Waals surface area contributed by atoms with Gasteiger partial charge in [0, 0.05) is 13.1 Å². The summed E-state index contributed by atoms with van der Waals surface area (Å²) in [5.41, 5.74) is 1.13. The molecule has 0 aliphatic carbocycles. The van der Waals surface area contributed by atoms with Crippen molar-refractivity contribution in [3.05, 3.63) is 23.8 Å². The van der Waals surface area contributed by atoms with Crippen LogP contribution in [0.15, 0.2) is 18.2 Å². The maximum Gasteiger partial charge on any atom is 0.160 e. The molecule has 4 nitrogen and oxygen atoms in total. The molecule has 0 amide bonds. The van der Waals surface area contributed by atoms with Gasteiger partial charge in [-0.05, 0) is 56.1 Å². The molecular formula is C16H26N2O2. The van der Waals surface area contributed by atoms with Crippen LogP contribution in [0.1, 0.15) is 25.3 Å². The van der Waals surface area contributed by atoms with Crippen molar-refractivity contribution in [2.24, 2.45) is 5.92 Å². The van der Waals surface area contributed by atoms with E-state index in [1.165, 1.54) is 32.5 Å². The van der Waals surface area contributed by atoms with Gasteiger partial charge >= 0.3 is 0 Å². The summed E-state index contributed by atoms with van der Waals surface area (Å²) >= 11 is 0. The fraction of sp³-hybridized carbons (Fsp3) is 0.625. The highest BCUT2D eigenvalue weighted by molar-refractivity contribution is 5.41. The van der Waals surface area contributed by atoms with Crippen LogP contribution in [-0.2, 0) is 6.54 Å². The minimum Gasteiger partial charge on any atom is -0.504 e. The molecule has 0 radical (unpaired) electrons. The molecule has 112 valence electrons. The monoisotopic (exact) mass is 278 g/mol. The number of ether oxygens (including phenoxy) is 1. The highest BCUT2D eigenvalue weighted by Gasteiger charge is 2.14. The zero-order valence-corrected chi connectivity index (χ0v) is 12.6. The molecule has 2 N–H and O–H groups in total. The molecule has 20 heavy (non-hydrogen) atoms. The number of nitrogens with one attached hydrogen (secondary N) is 1. The summed E-state index contributed by atoms with van der Waals surface area (Å²) in [6.07, 6.45) is 2.71. The summed E-state index contributed by atoms with van der Waals surface area (Å²) in [7, 11) is 1.57. The van der Waals surface area contributed by atoms with Gasteiger partial charge in [0.2, 0.25) is 0 Å². The predicted octanol–water partition coefficient (Wildman–Crippen LogP) is 2.22. The lowest BCUT2D eigenvalue weighted by Crippen LogP contribution is -2.31. The molecule has 1 unspecified atom stereocenters. The zero-order chi connectivity index (χ0) is 14.4. The van der Waals surface area contributed by atoms with Gasteiger partial charge in [0.25, 0.3) is 0 Å². The molecule has 1 fully saturated rings. The molecule has 1 heterocycles. The summed E-state index contributed by atoms with van der Waals surface area (Å²) in [4.78, 5) is 2.55. The van der Waals surface area contributed by atoms with Crippen LogP contribution in [0.3, 0.4) is 0 Å². The predicted molar refractivity (Wildman–Crippen MR) is 81.2 cm³/mol. The maximum atomic E-state index is 9.56. The Kier molecular flexibility index (Phi) is 5.68. The van der Waals surface area contributed by atoms with Crippen LogP contribution in [0.4, 0.5) is 0 Å². The third kappa shape index (κ3) is 4.39. The first-order valence-electron chi connectivity index (χ1n) is 7.48. The summed E-state index contributed by atoms with van der Waals surface area (Å²) in [6, 6.07) is 5.49. The van der Waals surface area contributed by atoms with E-state index in [4.69, 9.17) is 4.74 Å². The third-order valence-electron chi connectivity index (χ3n) is 3.83. The van der Waals surface area contributed by atoms with Crippen molar-refractivity contribution in [3.63, 3.8) is 0 Å². The lowest BCUT2D eigenvalue weighted by Gasteiger charge is -2.20. The van der Waals surface area contributed by atoms with Gasteiger partial charge in [-0.25, -0.2) is 0 Å². The Labute approximate surface area is 121 Å². The number of methoxy groups -OCH3 is 1. The highest BCUT2D eigenvalue weighted by atomic mass is 16.5. The lowest BCUT2D eigenvalue weighted by atomic mass is 10.1. The number of hydrogen-bond acceptors (Lipinski definition) is 4. The molecule has 0 spiro atoms. The van der Waals surface area contributed by atoms with Crippen molar-refractivity contribution in [1.82, 2.24) is 10.2 Å². The van der Waals surface area contributed by atoms with E-state index in [1.54, 1.807) is 13.2 Å². The molecule has 0 aromatic heterocycles. The molecule has 1 saturated heterocycles. The second-order valence-corrected chi connectivity index (χ2v) is 5.75. The Bertz CT molecular complexity index is 417. The van der Waals surface area contributed by atoms with Gasteiger partial charge in [-0.15, -0.1) is 0 Å². The van der Waals surface area contributed by atoms with Crippen LogP contribution in [0.2, 0.25) is 0 Å². The van der Waals surface area contributed by atoms with Gasteiger partial charge < -0.3 is 20.1 Å². The topological polar surface area (TPSA) is 44.7 Å². The second kappa shape index (κ2) is 7.50. The molecule has 1 atom stereocenters. The van der Waals surface area contributed by atoms with Gasteiger partial charge in [0.05, 0.1) is 7.11 Å². The normalized spacial score (nSPS) is 17.3. The molecule has 1 aliphatic rings. The van der Waals surface area contributed by atoms with Gasteiger partial charge in [0.1, 0.15) is 0 Å². The van der Waals surface area contributed by atoms with Gasteiger partial charge in [-0.2, -0.15) is 0 Å². The molecule has 0 bridgehead atoms. The third-order valence-corrected chi connectivity index (χ3v) is 3.83. The fourth-order valence-corrected chi connectivity index (χ4v) is 2.77. The van der Waals surface area contributed by atoms with Crippen LogP contribution in [0, 0.1) is 5.92 Å². The number of rotatable bonds is 7. The minimum atomic E-state index is 0.193. The Morgan fingerprint density at radius 3 is 2.80 bits per heavy atom. The van der Waals surface area contributed by atoms with E-state index in [2.05, 4.69) is 17.1 Å². The Morgan fingerprint density at radius 2 is 2.10 bits per heavy atom. The molecule has 1 aromatic carbocycles. The number of nitrogens with zero attached hydrogens (tertiary/aromatic N) is 1. The Morgan fingerprint density at radius 1 is 1.35 bits per heavy atom. The van der Waals surface area contributed by atoms with Crippen LogP contribution < -0.4 is 10.1 Å². The van der Waals surface area contributed by atoms with Crippen LogP contribution in [-0.4, -0.2) is 43.3 Å². The first kappa shape index (κ1) is 15.1. The fourth-order valence-electron chi connectivity index (χ4n) is 2.77. The molecule has 0 saturated carbocycles. The van der Waals surface area contributed by atoms with Gasteiger partial charge in [0.15, 0.2) is 11.5 Å². The average Bonchev–Trinajstić information content (AvgIpc) is 2.93. The molecule has 1 aliphatic heterocycles. The number of phenols is 1. The first-order chi connectivity index (χ1) is 9.69. The van der Waals surface area contributed by atoms with Crippen LogP contribution in [0.5, 0.6) is 11.5 Å². The van der Waals surface area contributed by atoms with Crippen molar-refractivity contribution in [2.45, 2.75) is 26.3 Å². The second-order valence-electron chi connectivity index (χ2n) is 5.75. The van der Waals surface area contributed by atoms with E-state index in [9.17, 15) is 5.11 Å². The maximum absolute atomic E-state index is 9.56. The largest absolute Gasteiger partial charge is 0.504 e. The van der Waals surface area contributed by atoms with Crippen LogP contribution in [0.25, 0.3) is 0 Å². The van der Waals surface area contributed by atoms with E-state index < -0.39 is 0 Å². The molecule has 1 aromatic rings. The minimum absolute atomic E-state index is 0.193. The summed E-state index contributed by atoms with van der Waals surface area (Å²) in [5, 5.41) is 13.0. The van der Waals surface area contributed by atoms with E-state index in [-0.39, 0.29) is 5.75 Å². The number of hydrogen-bond donors (Lipinski definition) is 2. The van der Waals surface area contributed by atoms with Crippen molar-refractivity contribution < 1.29 is 9.84 Å².